The molecule has 2 aromatic carbocycles. The number of carbonyl (C=O) groups excluding carboxylic acids is 2. The molecule has 7 nitrogen and oxygen atoms in total. The fourth-order valence-corrected chi connectivity index (χ4v) is 4.04. The molecule has 156 valence electrons. The number of sulfonamides is 1. The van der Waals surface area contributed by atoms with Crippen molar-refractivity contribution in [3.8, 4) is 0 Å². The number of carbonyl (C=O) groups is 2. The molecule has 1 unspecified atom stereocenters. The zero-order valence-corrected chi connectivity index (χ0v) is 18.0. The van der Waals surface area contributed by atoms with Crippen molar-refractivity contribution in [2.45, 2.75) is 17.9 Å². The van der Waals surface area contributed by atoms with Gasteiger partial charge in [0.15, 0.2) is 0 Å². The smallest absolute Gasteiger partial charge is 0.265 e. The molecule has 3 aromatic rings. The van der Waals surface area contributed by atoms with Crippen molar-refractivity contribution in [3.63, 3.8) is 0 Å². The third-order valence-corrected chi connectivity index (χ3v) is 6.48. The predicted octanol–water partition coefficient (Wildman–Crippen LogP) is 3.48. The van der Waals surface area contributed by atoms with Gasteiger partial charge in [-0.3, -0.25) is 9.59 Å². The van der Waals surface area contributed by atoms with Crippen LogP contribution in [0.4, 0.5) is 5.69 Å². The highest BCUT2D eigenvalue weighted by Crippen LogP contribution is 2.23. The first kappa shape index (κ1) is 21.7. The van der Waals surface area contributed by atoms with Gasteiger partial charge >= 0.3 is 0 Å². The number of benzene rings is 2. The number of nitrogens with zero attached hydrogens (tertiary/aromatic N) is 1. The first-order chi connectivity index (χ1) is 14.2. The first-order valence-corrected chi connectivity index (χ1v) is 11.4. The molecular weight excluding hydrogens is 422 g/mol. The Bertz CT molecular complexity index is 1160. The third-order valence-electron chi connectivity index (χ3n) is 4.71. The highest BCUT2D eigenvalue weighted by molar-refractivity contribution is 7.89. The molecule has 0 bridgehead atoms. The summed E-state index contributed by atoms with van der Waals surface area (Å²) in [6.07, 6.45) is 0. The standard InChI is InChI=1S/C21H21N3O4S2/c1-14(16-5-3-6-18(13-16)30(22,27)28)24(2)21(26)15-8-10-17(11-9-15)23-20(25)19-7-4-12-29-19/h3-14H,1-2H3,(H,23,25)(H2,22,27,28). The summed E-state index contributed by atoms with van der Waals surface area (Å²) in [7, 11) is -2.18. The Morgan fingerprint density at radius 2 is 1.77 bits per heavy atom. The van der Waals surface area contributed by atoms with E-state index in [0.717, 1.165) is 0 Å². The molecule has 0 aliphatic rings. The lowest BCUT2D eigenvalue weighted by atomic mass is 10.1. The van der Waals surface area contributed by atoms with Crippen LogP contribution in [-0.4, -0.2) is 32.2 Å². The van der Waals surface area contributed by atoms with Gasteiger partial charge in [-0.2, -0.15) is 0 Å². The molecule has 3 N–H and O–H groups in total. The van der Waals surface area contributed by atoms with Crippen LogP contribution in [0.2, 0.25) is 0 Å². The number of hydrogen-bond donors (Lipinski definition) is 2. The second kappa shape index (κ2) is 8.78. The molecule has 1 heterocycles. The zero-order chi connectivity index (χ0) is 21.9. The van der Waals surface area contributed by atoms with Crippen molar-refractivity contribution >= 4 is 38.9 Å². The van der Waals surface area contributed by atoms with Crippen LogP contribution in [0.3, 0.4) is 0 Å². The summed E-state index contributed by atoms with van der Waals surface area (Å²) < 4.78 is 23.2. The number of anilines is 1. The average molecular weight is 444 g/mol. The summed E-state index contributed by atoms with van der Waals surface area (Å²) in [5.41, 5.74) is 1.68. The van der Waals surface area contributed by atoms with E-state index in [4.69, 9.17) is 5.14 Å². The number of amides is 2. The van der Waals surface area contributed by atoms with Gasteiger partial charge in [-0.15, -0.1) is 11.3 Å². The van der Waals surface area contributed by atoms with Crippen LogP contribution in [0.5, 0.6) is 0 Å². The van der Waals surface area contributed by atoms with Gasteiger partial charge in [0.2, 0.25) is 10.0 Å². The van der Waals surface area contributed by atoms with Gasteiger partial charge in [0.05, 0.1) is 15.8 Å². The predicted molar refractivity (Wildman–Crippen MR) is 117 cm³/mol. The monoisotopic (exact) mass is 443 g/mol. The van der Waals surface area contributed by atoms with Crippen LogP contribution in [0.1, 0.15) is 38.6 Å². The lowest BCUT2D eigenvalue weighted by molar-refractivity contribution is 0.0742. The second-order valence-electron chi connectivity index (χ2n) is 6.72. The van der Waals surface area contributed by atoms with Crippen LogP contribution >= 0.6 is 11.3 Å². The van der Waals surface area contributed by atoms with E-state index >= 15 is 0 Å². The Hall–Kier alpha value is -3.01. The molecule has 0 aliphatic heterocycles. The fraction of sp³-hybridized carbons (Fsp3) is 0.143. The summed E-state index contributed by atoms with van der Waals surface area (Å²) >= 11 is 1.35. The van der Waals surface area contributed by atoms with E-state index in [9.17, 15) is 18.0 Å². The number of nitrogens with two attached hydrogens (primary N) is 1. The number of primary sulfonamides is 1. The lowest BCUT2D eigenvalue weighted by Gasteiger charge is -2.26. The Labute approximate surface area is 179 Å². The Kier molecular flexibility index (Phi) is 6.35. The summed E-state index contributed by atoms with van der Waals surface area (Å²) in [6, 6.07) is 16.0. The van der Waals surface area contributed by atoms with Crippen LogP contribution in [0.15, 0.2) is 70.9 Å². The third kappa shape index (κ3) is 4.93. The van der Waals surface area contributed by atoms with E-state index in [1.54, 1.807) is 62.5 Å². The number of nitrogens with one attached hydrogen (secondary N) is 1. The summed E-state index contributed by atoms with van der Waals surface area (Å²) in [4.78, 5) is 27.1. The number of thiophene rings is 1. The minimum atomic E-state index is -3.83. The van der Waals surface area contributed by atoms with E-state index < -0.39 is 10.0 Å². The van der Waals surface area contributed by atoms with Crippen LogP contribution < -0.4 is 10.5 Å². The van der Waals surface area contributed by atoms with E-state index in [-0.39, 0.29) is 22.8 Å². The number of rotatable bonds is 6. The molecule has 0 saturated carbocycles. The van der Waals surface area contributed by atoms with Crippen molar-refractivity contribution < 1.29 is 18.0 Å². The molecule has 0 saturated heterocycles. The maximum atomic E-state index is 12.9. The quantitative estimate of drug-likeness (QED) is 0.608. The second-order valence-corrected chi connectivity index (χ2v) is 9.23. The van der Waals surface area contributed by atoms with Crippen LogP contribution in [0, 0.1) is 0 Å². The maximum absolute atomic E-state index is 12.9. The van der Waals surface area contributed by atoms with Crippen LogP contribution in [-0.2, 0) is 10.0 Å². The Balaban J connectivity index is 1.72. The molecular formula is C21H21N3O4S2. The van der Waals surface area contributed by atoms with Crippen molar-refractivity contribution in [2.75, 3.05) is 12.4 Å². The number of hydrogen-bond acceptors (Lipinski definition) is 5. The molecule has 0 aliphatic carbocycles. The van der Waals surface area contributed by atoms with E-state index in [1.165, 1.54) is 28.4 Å². The minimum absolute atomic E-state index is 0.00136. The Morgan fingerprint density at radius 3 is 2.37 bits per heavy atom. The van der Waals surface area contributed by atoms with E-state index in [2.05, 4.69) is 5.32 Å². The molecule has 30 heavy (non-hydrogen) atoms. The molecule has 1 aromatic heterocycles. The normalized spacial score (nSPS) is 12.2. The summed E-state index contributed by atoms with van der Waals surface area (Å²) in [5.74, 6) is -0.441. The van der Waals surface area contributed by atoms with Gasteiger partial charge in [0.1, 0.15) is 0 Å². The molecule has 1 atom stereocenters. The van der Waals surface area contributed by atoms with Gasteiger partial charge in [0, 0.05) is 18.3 Å². The summed E-state index contributed by atoms with van der Waals surface area (Å²) in [6.45, 7) is 1.80. The van der Waals surface area contributed by atoms with Gasteiger partial charge < -0.3 is 10.2 Å². The molecule has 3 rings (SSSR count). The first-order valence-electron chi connectivity index (χ1n) is 9.01. The van der Waals surface area contributed by atoms with Crippen molar-refractivity contribution in [1.29, 1.82) is 0 Å². The minimum Gasteiger partial charge on any atom is -0.335 e. The van der Waals surface area contributed by atoms with Gasteiger partial charge in [0.25, 0.3) is 11.8 Å². The average Bonchev–Trinajstić information content (AvgIpc) is 3.27. The van der Waals surface area contributed by atoms with Gasteiger partial charge in [-0.25, -0.2) is 13.6 Å². The molecule has 0 fully saturated rings. The molecule has 0 radical (unpaired) electrons. The lowest BCUT2D eigenvalue weighted by Crippen LogP contribution is -2.29. The topological polar surface area (TPSA) is 110 Å². The molecule has 9 heteroatoms. The van der Waals surface area contributed by atoms with Crippen molar-refractivity contribution in [1.82, 2.24) is 4.90 Å². The highest BCUT2D eigenvalue weighted by atomic mass is 32.2. The largest absolute Gasteiger partial charge is 0.335 e. The van der Waals surface area contributed by atoms with Gasteiger partial charge in [-0.1, -0.05) is 18.2 Å². The molecule has 0 spiro atoms. The van der Waals surface area contributed by atoms with E-state index in [1.807, 2.05) is 5.38 Å². The highest BCUT2D eigenvalue weighted by Gasteiger charge is 2.20. The molecule has 2 amide bonds. The van der Waals surface area contributed by atoms with E-state index in [0.29, 0.717) is 21.7 Å². The summed E-state index contributed by atoms with van der Waals surface area (Å²) in [5, 5.41) is 9.81. The fourth-order valence-electron chi connectivity index (χ4n) is 2.85. The Morgan fingerprint density at radius 1 is 1.07 bits per heavy atom. The van der Waals surface area contributed by atoms with Crippen molar-refractivity contribution in [2.24, 2.45) is 5.14 Å². The van der Waals surface area contributed by atoms with Crippen molar-refractivity contribution in [3.05, 3.63) is 82.0 Å². The maximum Gasteiger partial charge on any atom is 0.265 e. The van der Waals surface area contributed by atoms with Crippen LogP contribution in [0.25, 0.3) is 0 Å². The van der Waals surface area contributed by atoms with Gasteiger partial charge in [-0.05, 0) is 60.3 Å². The zero-order valence-electron chi connectivity index (χ0n) is 16.4. The SMILES string of the molecule is CC(c1cccc(S(N)(=O)=O)c1)N(C)C(=O)c1ccc(NC(=O)c2cccs2)cc1.